The van der Waals surface area contributed by atoms with Crippen molar-refractivity contribution in [1.82, 2.24) is 15.3 Å². The largest absolute Gasteiger partial charge is 0.508 e. The standard InChI is InChI=1S/C18H23BrN4O2/c1-4-23(5-2)11-14-8-13(6-7-17(14)24)12(3)21-22-18(25)16-9-15(19)10-20-16/h6-10,20,24H,4-5,11H2,1-3H3,(H,22,25)/b21-12+. The summed E-state index contributed by atoms with van der Waals surface area (Å²) in [5.41, 5.74) is 5.32. The van der Waals surface area contributed by atoms with Gasteiger partial charge in [-0.3, -0.25) is 9.69 Å². The maximum atomic E-state index is 12.0. The number of H-pyrrole nitrogens is 1. The highest BCUT2D eigenvalue weighted by molar-refractivity contribution is 9.10. The molecule has 0 bridgehead atoms. The molecule has 2 aromatic rings. The Kier molecular flexibility index (Phi) is 6.78. The molecule has 0 saturated carbocycles. The number of carbonyl (C=O) groups is 1. The molecule has 0 aliphatic carbocycles. The van der Waals surface area contributed by atoms with Crippen LogP contribution in [0, 0.1) is 0 Å². The van der Waals surface area contributed by atoms with Crippen molar-refractivity contribution in [3.63, 3.8) is 0 Å². The van der Waals surface area contributed by atoms with Gasteiger partial charge in [0.05, 0.1) is 5.71 Å². The molecule has 6 nitrogen and oxygen atoms in total. The van der Waals surface area contributed by atoms with Gasteiger partial charge in [0.2, 0.25) is 0 Å². The number of nitrogens with one attached hydrogen (secondary N) is 2. The Morgan fingerprint density at radius 3 is 2.64 bits per heavy atom. The molecular weight excluding hydrogens is 384 g/mol. The first kappa shape index (κ1) is 19.2. The molecule has 0 aliphatic heterocycles. The SMILES string of the molecule is CCN(CC)Cc1cc(/C(C)=N/NC(=O)c2cc(Br)c[nH]2)ccc1O. The van der Waals surface area contributed by atoms with Gasteiger partial charge in [-0.25, -0.2) is 5.43 Å². The Balaban J connectivity index is 2.12. The summed E-state index contributed by atoms with van der Waals surface area (Å²) in [6, 6.07) is 7.04. The van der Waals surface area contributed by atoms with Crippen LogP contribution in [0.3, 0.4) is 0 Å². The number of amides is 1. The zero-order valence-corrected chi connectivity index (χ0v) is 16.2. The fourth-order valence-corrected chi connectivity index (χ4v) is 2.73. The Bertz CT molecular complexity index is 766. The fourth-order valence-electron chi connectivity index (χ4n) is 2.38. The highest BCUT2D eigenvalue weighted by Gasteiger charge is 2.10. The summed E-state index contributed by atoms with van der Waals surface area (Å²) in [7, 11) is 0. The van der Waals surface area contributed by atoms with Gasteiger partial charge in [0.25, 0.3) is 5.91 Å². The topological polar surface area (TPSA) is 80.7 Å². The number of aromatic nitrogens is 1. The van der Waals surface area contributed by atoms with Gasteiger partial charge in [0.15, 0.2) is 0 Å². The van der Waals surface area contributed by atoms with Gasteiger partial charge in [-0.1, -0.05) is 13.8 Å². The Hall–Kier alpha value is -2.12. The minimum absolute atomic E-state index is 0.267. The molecule has 25 heavy (non-hydrogen) atoms. The first-order valence-electron chi connectivity index (χ1n) is 8.17. The van der Waals surface area contributed by atoms with Gasteiger partial charge in [-0.2, -0.15) is 5.10 Å². The van der Waals surface area contributed by atoms with Crippen LogP contribution in [-0.4, -0.2) is 39.7 Å². The number of phenolic OH excluding ortho intramolecular Hbond substituents is 1. The smallest absolute Gasteiger partial charge is 0.287 e. The molecule has 1 aromatic heterocycles. The van der Waals surface area contributed by atoms with Crippen LogP contribution >= 0.6 is 15.9 Å². The Morgan fingerprint density at radius 2 is 2.04 bits per heavy atom. The van der Waals surface area contributed by atoms with Crippen molar-refractivity contribution in [2.24, 2.45) is 5.10 Å². The third-order valence-corrected chi connectivity index (χ3v) is 4.46. The van der Waals surface area contributed by atoms with Crippen molar-refractivity contribution in [1.29, 1.82) is 0 Å². The number of aromatic amines is 1. The lowest BCUT2D eigenvalue weighted by Crippen LogP contribution is -2.22. The lowest BCUT2D eigenvalue weighted by molar-refractivity contribution is 0.0950. The van der Waals surface area contributed by atoms with E-state index in [0.717, 1.165) is 28.7 Å². The molecule has 3 N–H and O–H groups in total. The van der Waals surface area contributed by atoms with Crippen molar-refractivity contribution in [2.45, 2.75) is 27.3 Å². The van der Waals surface area contributed by atoms with E-state index in [0.29, 0.717) is 18.0 Å². The number of hydrazone groups is 1. The average molecular weight is 407 g/mol. The van der Waals surface area contributed by atoms with Crippen LogP contribution in [0.4, 0.5) is 0 Å². The van der Waals surface area contributed by atoms with Crippen molar-refractivity contribution in [3.05, 3.63) is 51.8 Å². The molecule has 0 atom stereocenters. The number of nitrogens with zero attached hydrogens (tertiary/aromatic N) is 2. The van der Waals surface area contributed by atoms with Gasteiger partial charge < -0.3 is 10.1 Å². The predicted molar refractivity (Wildman–Crippen MR) is 103 cm³/mol. The molecule has 0 unspecified atom stereocenters. The lowest BCUT2D eigenvalue weighted by Gasteiger charge is -2.19. The number of hydrogen-bond donors (Lipinski definition) is 3. The number of rotatable bonds is 7. The van der Waals surface area contributed by atoms with Gasteiger partial charge >= 0.3 is 0 Å². The fraction of sp³-hybridized carbons (Fsp3) is 0.333. The predicted octanol–water partition coefficient (Wildman–Crippen LogP) is 3.48. The number of aromatic hydroxyl groups is 1. The van der Waals surface area contributed by atoms with Gasteiger partial charge in [-0.15, -0.1) is 0 Å². The van der Waals surface area contributed by atoms with Crippen LogP contribution in [0.15, 0.2) is 40.0 Å². The summed E-state index contributed by atoms with van der Waals surface area (Å²) in [5.74, 6) is -0.0454. The maximum Gasteiger partial charge on any atom is 0.287 e. The molecule has 134 valence electrons. The molecule has 1 aromatic carbocycles. The second-order valence-corrected chi connectivity index (χ2v) is 6.59. The van der Waals surface area contributed by atoms with Crippen molar-refractivity contribution in [3.8, 4) is 5.75 Å². The molecule has 0 aliphatic rings. The molecule has 0 radical (unpaired) electrons. The molecule has 1 amide bonds. The first-order valence-corrected chi connectivity index (χ1v) is 8.97. The van der Waals surface area contributed by atoms with Crippen LogP contribution in [0.5, 0.6) is 5.75 Å². The second kappa shape index (κ2) is 8.82. The molecule has 0 fully saturated rings. The third-order valence-electron chi connectivity index (χ3n) is 4.00. The summed E-state index contributed by atoms with van der Waals surface area (Å²) in [5, 5.41) is 14.2. The average Bonchev–Trinajstić information content (AvgIpc) is 3.05. The van der Waals surface area contributed by atoms with E-state index in [1.54, 1.807) is 24.4 Å². The van der Waals surface area contributed by atoms with Crippen molar-refractivity contribution < 1.29 is 9.90 Å². The summed E-state index contributed by atoms with van der Waals surface area (Å²) < 4.78 is 0.804. The highest BCUT2D eigenvalue weighted by atomic mass is 79.9. The van der Waals surface area contributed by atoms with Crippen LogP contribution < -0.4 is 5.43 Å². The van der Waals surface area contributed by atoms with E-state index in [2.05, 4.69) is 50.2 Å². The summed E-state index contributed by atoms with van der Waals surface area (Å²) >= 11 is 3.29. The van der Waals surface area contributed by atoms with Crippen LogP contribution in [-0.2, 0) is 6.54 Å². The summed E-state index contributed by atoms with van der Waals surface area (Å²) in [6.07, 6.45) is 1.69. The minimum Gasteiger partial charge on any atom is -0.508 e. The quantitative estimate of drug-likeness (QED) is 0.486. The number of phenols is 1. The van der Waals surface area contributed by atoms with E-state index >= 15 is 0 Å². The normalized spacial score (nSPS) is 11.8. The number of hydrogen-bond acceptors (Lipinski definition) is 4. The van der Waals surface area contributed by atoms with Crippen molar-refractivity contribution in [2.75, 3.05) is 13.1 Å². The molecule has 1 heterocycles. The van der Waals surface area contributed by atoms with Crippen LogP contribution in [0.25, 0.3) is 0 Å². The zero-order valence-electron chi connectivity index (χ0n) is 14.6. The van der Waals surface area contributed by atoms with Gasteiger partial charge in [0.1, 0.15) is 11.4 Å². The molecule has 0 saturated heterocycles. The highest BCUT2D eigenvalue weighted by Crippen LogP contribution is 2.21. The number of carbonyl (C=O) groups excluding carboxylic acids is 1. The lowest BCUT2D eigenvalue weighted by atomic mass is 10.1. The number of halogens is 1. The van der Waals surface area contributed by atoms with Gasteiger partial charge in [0, 0.05) is 22.8 Å². The van der Waals surface area contributed by atoms with E-state index in [1.807, 2.05) is 13.0 Å². The third kappa shape index (κ3) is 5.17. The Morgan fingerprint density at radius 1 is 1.32 bits per heavy atom. The van der Waals surface area contributed by atoms with E-state index in [4.69, 9.17) is 0 Å². The second-order valence-electron chi connectivity index (χ2n) is 5.67. The van der Waals surface area contributed by atoms with Crippen LogP contribution in [0.2, 0.25) is 0 Å². The minimum atomic E-state index is -0.313. The summed E-state index contributed by atoms with van der Waals surface area (Å²) in [4.78, 5) is 17.1. The Labute approximate surface area is 156 Å². The van der Waals surface area contributed by atoms with Crippen molar-refractivity contribution >= 4 is 27.5 Å². The molecule has 7 heteroatoms. The number of benzene rings is 1. The van der Waals surface area contributed by atoms with E-state index in [1.165, 1.54) is 0 Å². The van der Waals surface area contributed by atoms with E-state index in [9.17, 15) is 9.90 Å². The maximum absolute atomic E-state index is 12.0. The zero-order chi connectivity index (χ0) is 18.4. The van der Waals surface area contributed by atoms with Crippen LogP contribution in [0.1, 0.15) is 42.4 Å². The van der Waals surface area contributed by atoms with E-state index < -0.39 is 0 Å². The molecule has 2 rings (SSSR count). The van der Waals surface area contributed by atoms with E-state index in [-0.39, 0.29) is 11.7 Å². The molecular formula is C18H23BrN4O2. The monoisotopic (exact) mass is 406 g/mol. The first-order chi connectivity index (χ1) is 11.9. The summed E-state index contributed by atoms with van der Waals surface area (Å²) in [6.45, 7) is 8.49. The van der Waals surface area contributed by atoms with Gasteiger partial charge in [-0.05, 0) is 65.8 Å². The molecule has 0 spiro atoms.